The highest BCUT2D eigenvalue weighted by atomic mass is 16.2. The molecule has 1 atom stereocenters. The maximum absolute atomic E-state index is 11.5. The van der Waals surface area contributed by atoms with Crippen LogP contribution in [0, 0.1) is 6.92 Å². The van der Waals surface area contributed by atoms with Gasteiger partial charge < -0.3 is 10.6 Å². The van der Waals surface area contributed by atoms with Gasteiger partial charge >= 0.3 is 0 Å². The van der Waals surface area contributed by atoms with Crippen LogP contribution in [0.4, 0.5) is 5.82 Å². The highest BCUT2D eigenvalue weighted by Crippen LogP contribution is 2.33. The molecule has 0 radical (unpaired) electrons. The van der Waals surface area contributed by atoms with E-state index in [0.29, 0.717) is 5.82 Å². The third-order valence-corrected chi connectivity index (χ3v) is 3.16. The number of carbonyl (C=O) groups excluding carboxylic acids is 1. The minimum Gasteiger partial charge on any atom is -0.384 e. The zero-order valence-electron chi connectivity index (χ0n) is 9.73. The van der Waals surface area contributed by atoms with Gasteiger partial charge in [0.25, 0.3) is 0 Å². The molecule has 1 aliphatic heterocycles. The number of rotatable bonds is 1. The Hall–Kier alpha value is -1.58. The van der Waals surface area contributed by atoms with E-state index in [4.69, 9.17) is 5.73 Å². The summed E-state index contributed by atoms with van der Waals surface area (Å²) in [6.45, 7) is 4.42. The predicted molar refractivity (Wildman–Crippen MR) is 62.7 cm³/mol. The standard InChI is InChI=1S/C12H17N3O/c1-8-10(5-6-12(13)14-8)11-4-3-7-15(11)9(2)16/h5-6,11H,3-4,7H2,1-2H3,(H2,13,14). The number of hydrogen-bond acceptors (Lipinski definition) is 3. The van der Waals surface area contributed by atoms with E-state index in [0.717, 1.165) is 30.6 Å². The average Bonchev–Trinajstić information content (AvgIpc) is 2.66. The quantitative estimate of drug-likeness (QED) is 0.781. The Kier molecular flexibility index (Phi) is 2.81. The molecule has 1 aromatic rings. The van der Waals surface area contributed by atoms with Crippen LogP contribution in [0.25, 0.3) is 0 Å². The molecule has 4 nitrogen and oxygen atoms in total. The van der Waals surface area contributed by atoms with E-state index < -0.39 is 0 Å². The Morgan fingerprint density at radius 1 is 1.56 bits per heavy atom. The summed E-state index contributed by atoms with van der Waals surface area (Å²) in [7, 11) is 0. The lowest BCUT2D eigenvalue weighted by Crippen LogP contribution is -2.28. The lowest BCUT2D eigenvalue weighted by atomic mass is 10.0. The summed E-state index contributed by atoms with van der Waals surface area (Å²) in [6, 6.07) is 3.98. The summed E-state index contributed by atoms with van der Waals surface area (Å²) >= 11 is 0. The van der Waals surface area contributed by atoms with E-state index in [1.807, 2.05) is 17.9 Å². The zero-order valence-corrected chi connectivity index (χ0v) is 9.73. The number of nitrogens with zero attached hydrogens (tertiary/aromatic N) is 2. The van der Waals surface area contributed by atoms with Crippen molar-refractivity contribution in [1.29, 1.82) is 0 Å². The fourth-order valence-electron chi connectivity index (χ4n) is 2.41. The molecule has 4 heteroatoms. The molecule has 1 aliphatic rings. The van der Waals surface area contributed by atoms with Crippen LogP contribution in [0.3, 0.4) is 0 Å². The third kappa shape index (κ3) is 1.87. The van der Waals surface area contributed by atoms with E-state index in [2.05, 4.69) is 4.98 Å². The number of nitrogen functional groups attached to an aromatic ring is 1. The summed E-state index contributed by atoms with van der Waals surface area (Å²) in [5.74, 6) is 0.673. The van der Waals surface area contributed by atoms with Gasteiger partial charge in [-0.15, -0.1) is 0 Å². The second-order valence-electron chi connectivity index (χ2n) is 4.28. The van der Waals surface area contributed by atoms with Crippen LogP contribution in [0.5, 0.6) is 0 Å². The molecular formula is C12H17N3O. The first kappa shape index (κ1) is 10.9. The summed E-state index contributed by atoms with van der Waals surface area (Å²) in [4.78, 5) is 17.7. The zero-order chi connectivity index (χ0) is 11.7. The third-order valence-electron chi connectivity index (χ3n) is 3.16. The van der Waals surface area contributed by atoms with E-state index in [-0.39, 0.29) is 11.9 Å². The first-order valence-corrected chi connectivity index (χ1v) is 5.60. The van der Waals surface area contributed by atoms with Crippen LogP contribution in [-0.4, -0.2) is 22.3 Å². The Balaban J connectivity index is 2.32. The largest absolute Gasteiger partial charge is 0.384 e. The van der Waals surface area contributed by atoms with E-state index >= 15 is 0 Å². The number of carbonyl (C=O) groups is 1. The molecular weight excluding hydrogens is 202 g/mol. The predicted octanol–water partition coefficient (Wildman–Crippen LogP) is 1.66. The molecule has 0 saturated carbocycles. The summed E-state index contributed by atoms with van der Waals surface area (Å²) in [6.07, 6.45) is 2.08. The Bertz CT molecular complexity index is 417. The van der Waals surface area contributed by atoms with Gasteiger partial charge in [0.15, 0.2) is 0 Å². The van der Waals surface area contributed by atoms with Crippen LogP contribution < -0.4 is 5.73 Å². The van der Waals surface area contributed by atoms with Crippen molar-refractivity contribution < 1.29 is 4.79 Å². The van der Waals surface area contributed by atoms with Crippen molar-refractivity contribution in [3.63, 3.8) is 0 Å². The Morgan fingerprint density at radius 3 is 2.94 bits per heavy atom. The van der Waals surface area contributed by atoms with Crippen molar-refractivity contribution in [3.05, 3.63) is 23.4 Å². The molecule has 16 heavy (non-hydrogen) atoms. The SMILES string of the molecule is CC(=O)N1CCCC1c1ccc(N)nc1C. The number of amides is 1. The first-order valence-electron chi connectivity index (χ1n) is 5.60. The van der Waals surface area contributed by atoms with Gasteiger partial charge in [-0.3, -0.25) is 4.79 Å². The molecule has 0 aromatic carbocycles. The topological polar surface area (TPSA) is 59.2 Å². The normalized spacial score (nSPS) is 20.1. The number of anilines is 1. The monoisotopic (exact) mass is 219 g/mol. The summed E-state index contributed by atoms with van der Waals surface area (Å²) < 4.78 is 0. The number of pyridine rings is 1. The van der Waals surface area contributed by atoms with Gasteiger partial charge in [0, 0.05) is 19.2 Å². The maximum Gasteiger partial charge on any atom is 0.219 e. The van der Waals surface area contributed by atoms with Crippen molar-refractivity contribution in [2.24, 2.45) is 0 Å². The highest BCUT2D eigenvalue weighted by Gasteiger charge is 2.29. The molecule has 0 aliphatic carbocycles. The van der Waals surface area contributed by atoms with Crippen LogP contribution in [0.2, 0.25) is 0 Å². The molecule has 0 bridgehead atoms. The molecule has 2 heterocycles. The summed E-state index contributed by atoms with van der Waals surface area (Å²) in [5.41, 5.74) is 7.68. The Labute approximate surface area is 95.5 Å². The second-order valence-corrected chi connectivity index (χ2v) is 4.28. The van der Waals surface area contributed by atoms with Crippen LogP contribution >= 0.6 is 0 Å². The van der Waals surface area contributed by atoms with Crippen LogP contribution in [-0.2, 0) is 4.79 Å². The summed E-state index contributed by atoms with van der Waals surface area (Å²) in [5, 5.41) is 0. The number of hydrogen-bond donors (Lipinski definition) is 1. The van der Waals surface area contributed by atoms with Crippen molar-refractivity contribution >= 4 is 11.7 Å². The Morgan fingerprint density at radius 2 is 2.31 bits per heavy atom. The van der Waals surface area contributed by atoms with Crippen LogP contribution in [0.1, 0.15) is 37.1 Å². The van der Waals surface area contributed by atoms with Crippen molar-refractivity contribution in [2.75, 3.05) is 12.3 Å². The van der Waals surface area contributed by atoms with Gasteiger partial charge in [-0.1, -0.05) is 6.07 Å². The van der Waals surface area contributed by atoms with E-state index in [9.17, 15) is 4.79 Å². The van der Waals surface area contributed by atoms with Crippen molar-refractivity contribution in [3.8, 4) is 0 Å². The molecule has 2 N–H and O–H groups in total. The molecule has 1 aromatic heterocycles. The highest BCUT2D eigenvalue weighted by molar-refractivity contribution is 5.74. The van der Waals surface area contributed by atoms with E-state index in [1.54, 1.807) is 13.0 Å². The van der Waals surface area contributed by atoms with Gasteiger partial charge in [0.05, 0.1) is 6.04 Å². The minimum absolute atomic E-state index is 0.138. The number of aryl methyl sites for hydroxylation is 1. The van der Waals surface area contributed by atoms with E-state index in [1.165, 1.54) is 0 Å². The van der Waals surface area contributed by atoms with Gasteiger partial charge in [-0.05, 0) is 31.4 Å². The molecule has 1 saturated heterocycles. The molecule has 86 valence electrons. The van der Waals surface area contributed by atoms with Gasteiger partial charge in [0.2, 0.25) is 5.91 Å². The lowest BCUT2D eigenvalue weighted by molar-refractivity contribution is -0.129. The molecule has 1 fully saturated rings. The number of likely N-dealkylation sites (tertiary alicyclic amines) is 1. The number of aromatic nitrogens is 1. The maximum atomic E-state index is 11.5. The van der Waals surface area contributed by atoms with Gasteiger partial charge in [-0.25, -0.2) is 4.98 Å². The number of nitrogens with two attached hydrogens (primary N) is 1. The van der Waals surface area contributed by atoms with Gasteiger partial charge in [0.1, 0.15) is 5.82 Å². The van der Waals surface area contributed by atoms with Gasteiger partial charge in [-0.2, -0.15) is 0 Å². The first-order chi connectivity index (χ1) is 7.59. The lowest BCUT2D eigenvalue weighted by Gasteiger charge is -2.24. The van der Waals surface area contributed by atoms with Crippen molar-refractivity contribution in [2.45, 2.75) is 32.7 Å². The minimum atomic E-state index is 0.138. The van der Waals surface area contributed by atoms with Crippen LogP contribution in [0.15, 0.2) is 12.1 Å². The molecule has 1 unspecified atom stereocenters. The second kappa shape index (κ2) is 4.12. The molecule has 2 rings (SSSR count). The molecule has 1 amide bonds. The fourth-order valence-corrected chi connectivity index (χ4v) is 2.41. The van der Waals surface area contributed by atoms with Crippen molar-refractivity contribution in [1.82, 2.24) is 9.88 Å². The average molecular weight is 219 g/mol. The molecule has 0 spiro atoms. The smallest absolute Gasteiger partial charge is 0.219 e. The fraction of sp³-hybridized carbons (Fsp3) is 0.500.